The summed E-state index contributed by atoms with van der Waals surface area (Å²) in [7, 11) is 1.28. The fraction of sp³-hybridized carbons (Fsp3) is 0.345. The largest absolute Gasteiger partial charge is 0.507 e. The van der Waals surface area contributed by atoms with Crippen LogP contribution in [-0.2, 0) is 19.2 Å². The average Bonchev–Trinajstić information content (AvgIpc) is 3.25. The van der Waals surface area contributed by atoms with Crippen LogP contribution in [0.2, 0.25) is 0 Å². The number of benzene rings is 2. The first-order valence-corrected chi connectivity index (χ1v) is 13.6. The second kappa shape index (κ2) is 8.80. The van der Waals surface area contributed by atoms with E-state index >= 15 is 0 Å². The highest BCUT2D eigenvalue weighted by atomic mass is 35.5. The van der Waals surface area contributed by atoms with Gasteiger partial charge in [-0.3, -0.25) is 24.1 Å². The fourth-order valence-corrected chi connectivity index (χ4v) is 8.11. The van der Waals surface area contributed by atoms with E-state index in [0.29, 0.717) is 11.1 Å². The lowest BCUT2D eigenvalue weighted by Crippen LogP contribution is -2.60. The van der Waals surface area contributed by atoms with Crippen LogP contribution in [0.1, 0.15) is 40.2 Å². The number of anilines is 1. The maximum Gasteiger partial charge on any atom is 0.339 e. The molecule has 2 saturated heterocycles. The SMILES string of the molecule is Cc1cccc([C@H]2C3=CC[C@@H]4C(=O)N(c5ccc(C(=O)O)c(O)c5)C(=O)[C@@H]4[C@@H]3C[C@@]3(Cl)C(=O)N(C)C(=O)[C@@]23Cl)c1O. The van der Waals surface area contributed by atoms with Crippen molar-refractivity contribution in [3.05, 3.63) is 64.7 Å². The molecule has 0 bridgehead atoms. The summed E-state index contributed by atoms with van der Waals surface area (Å²) in [5, 5.41) is 30.6. The molecular formula is C29H24Cl2N2O8. The number of aromatic hydroxyl groups is 2. The Hall–Kier alpha value is -3.89. The summed E-state index contributed by atoms with van der Waals surface area (Å²) in [5.74, 6) is -8.43. The number of allylic oxidation sites excluding steroid dienone is 2. The fourth-order valence-electron chi connectivity index (χ4n) is 7.10. The number of likely N-dealkylation sites (tertiary alicyclic amines) is 1. The van der Waals surface area contributed by atoms with Crippen LogP contribution in [0, 0.1) is 24.7 Å². The number of aryl methyl sites for hydroxylation is 1. The van der Waals surface area contributed by atoms with E-state index in [0.717, 1.165) is 21.9 Å². The van der Waals surface area contributed by atoms with Crippen molar-refractivity contribution in [3.8, 4) is 11.5 Å². The van der Waals surface area contributed by atoms with Crippen molar-refractivity contribution < 1.29 is 39.3 Å². The number of para-hydroxylation sites is 1. The molecule has 0 aromatic heterocycles. The lowest BCUT2D eigenvalue weighted by Gasteiger charge is -2.50. The van der Waals surface area contributed by atoms with Crippen LogP contribution in [0.3, 0.4) is 0 Å². The number of phenolic OH excluding ortho intramolecular Hbond substituents is 1. The molecule has 41 heavy (non-hydrogen) atoms. The number of carboxylic acids is 1. The Kier molecular flexibility index (Phi) is 5.86. The van der Waals surface area contributed by atoms with E-state index in [1.807, 2.05) is 0 Å². The Morgan fingerprint density at radius 1 is 1.00 bits per heavy atom. The van der Waals surface area contributed by atoms with Crippen molar-refractivity contribution in [2.24, 2.45) is 17.8 Å². The topological polar surface area (TPSA) is 153 Å². The van der Waals surface area contributed by atoms with Gasteiger partial charge in [0.05, 0.1) is 17.5 Å². The first-order valence-electron chi connectivity index (χ1n) is 12.9. The van der Waals surface area contributed by atoms with Gasteiger partial charge in [0.1, 0.15) is 17.1 Å². The van der Waals surface area contributed by atoms with Crippen molar-refractivity contribution in [1.29, 1.82) is 0 Å². The van der Waals surface area contributed by atoms with Crippen LogP contribution in [-0.4, -0.2) is 66.6 Å². The van der Waals surface area contributed by atoms with Crippen LogP contribution in [0.4, 0.5) is 5.69 Å². The molecule has 2 aromatic rings. The third kappa shape index (κ3) is 3.34. The second-order valence-corrected chi connectivity index (χ2v) is 12.3. The number of carbonyl (C=O) groups excluding carboxylic acids is 4. The number of halogens is 2. The number of nitrogens with zero attached hydrogens (tertiary/aromatic N) is 2. The number of rotatable bonds is 3. The Balaban J connectivity index is 1.50. The summed E-state index contributed by atoms with van der Waals surface area (Å²) in [6, 6.07) is 8.36. The van der Waals surface area contributed by atoms with Gasteiger partial charge in [-0.15, -0.1) is 23.2 Å². The van der Waals surface area contributed by atoms with Gasteiger partial charge < -0.3 is 15.3 Å². The third-order valence-electron chi connectivity index (χ3n) is 9.06. The van der Waals surface area contributed by atoms with Crippen LogP contribution >= 0.6 is 23.2 Å². The highest BCUT2D eigenvalue weighted by molar-refractivity contribution is 6.53. The first kappa shape index (κ1) is 27.3. The maximum atomic E-state index is 14.0. The lowest BCUT2D eigenvalue weighted by molar-refractivity contribution is -0.138. The highest BCUT2D eigenvalue weighted by Crippen LogP contribution is 2.66. The smallest absolute Gasteiger partial charge is 0.339 e. The van der Waals surface area contributed by atoms with Crippen LogP contribution in [0.15, 0.2) is 48.0 Å². The molecule has 2 heterocycles. The summed E-state index contributed by atoms with van der Waals surface area (Å²) in [5.41, 5.74) is 0.924. The van der Waals surface area contributed by atoms with Gasteiger partial charge in [-0.25, -0.2) is 9.69 Å². The molecule has 0 radical (unpaired) electrons. The second-order valence-electron chi connectivity index (χ2n) is 11.0. The van der Waals surface area contributed by atoms with E-state index < -0.39 is 74.3 Å². The zero-order chi connectivity index (χ0) is 29.8. The van der Waals surface area contributed by atoms with Gasteiger partial charge >= 0.3 is 5.97 Å². The molecule has 4 amide bonds. The Bertz CT molecular complexity index is 1640. The predicted octanol–water partition coefficient (Wildman–Crippen LogP) is 3.30. The van der Waals surface area contributed by atoms with E-state index in [1.54, 1.807) is 31.2 Å². The number of carbonyl (C=O) groups is 5. The summed E-state index contributed by atoms with van der Waals surface area (Å²) in [6.07, 6.45) is 1.65. The Labute approximate surface area is 243 Å². The summed E-state index contributed by atoms with van der Waals surface area (Å²) in [6.45, 7) is 1.68. The number of amides is 4. The molecule has 6 atom stereocenters. The Morgan fingerprint density at radius 3 is 2.37 bits per heavy atom. The number of fused-ring (bicyclic) bond motifs is 4. The van der Waals surface area contributed by atoms with Crippen molar-refractivity contribution in [2.45, 2.75) is 35.4 Å². The number of hydrogen-bond donors (Lipinski definition) is 3. The summed E-state index contributed by atoms with van der Waals surface area (Å²) >= 11 is 14.2. The number of carboxylic acid groups (broad SMARTS) is 1. The molecule has 0 unspecified atom stereocenters. The van der Waals surface area contributed by atoms with Gasteiger partial charge in [0.2, 0.25) is 11.8 Å². The minimum atomic E-state index is -2.01. The number of phenols is 2. The molecule has 3 N–H and O–H groups in total. The molecule has 2 aromatic carbocycles. The molecule has 1 saturated carbocycles. The van der Waals surface area contributed by atoms with E-state index in [-0.39, 0.29) is 29.8 Å². The van der Waals surface area contributed by atoms with Crippen LogP contribution in [0.5, 0.6) is 11.5 Å². The normalized spacial score (nSPS) is 32.5. The standard InChI is InChI=1S/C29H24Cl2N2O8/c1-12-4-3-5-17(22(12)35)21-14-8-9-16-20(18(14)11-28(30)26(40)32(2)27(41)29(21,28)31)24(37)33(23(16)36)13-6-7-15(25(38)39)19(34)10-13/h3-8,10,16,18,20-21,34-35H,9,11H2,1-2H3,(H,38,39)/t16-,18+,20-,21+,28+,29-/m0/s1. The molecule has 0 spiro atoms. The van der Waals surface area contributed by atoms with E-state index in [2.05, 4.69) is 0 Å². The molecule has 3 fully saturated rings. The zero-order valence-electron chi connectivity index (χ0n) is 21.8. The predicted molar refractivity (Wildman–Crippen MR) is 146 cm³/mol. The van der Waals surface area contributed by atoms with Crippen LogP contribution in [0.25, 0.3) is 0 Å². The number of aromatic carboxylic acids is 1. The molecule has 2 aliphatic heterocycles. The molecule has 10 nitrogen and oxygen atoms in total. The molecule has 6 rings (SSSR count). The number of hydrogen-bond acceptors (Lipinski definition) is 7. The van der Waals surface area contributed by atoms with Gasteiger partial charge in [0.15, 0.2) is 9.75 Å². The van der Waals surface area contributed by atoms with E-state index in [1.165, 1.54) is 13.1 Å². The monoisotopic (exact) mass is 598 g/mol. The number of imide groups is 2. The quantitative estimate of drug-likeness (QED) is 0.276. The lowest BCUT2D eigenvalue weighted by atomic mass is 9.56. The van der Waals surface area contributed by atoms with Crippen molar-refractivity contribution in [3.63, 3.8) is 0 Å². The minimum absolute atomic E-state index is 0.00117. The van der Waals surface area contributed by atoms with Gasteiger partial charge in [-0.1, -0.05) is 29.8 Å². The van der Waals surface area contributed by atoms with Crippen molar-refractivity contribution in [1.82, 2.24) is 4.90 Å². The van der Waals surface area contributed by atoms with E-state index in [4.69, 9.17) is 23.2 Å². The average molecular weight is 599 g/mol. The van der Waals surface area contributed by atoms with Crippen LogP contribution < -0.4 is 4.90 Å². The molecule has 4 aliphatic rings. The first-order chi connectivity index (χ1) is 19.3. The number of alkyl halides is 2. The summed E-state index contributed by atoms with van der Waals surface area (Å²) in [4.78, 5) is 63.8. The third-order valence-corrected chi connectivity index (χ3v) is 10.5. The molecular weight excluding hydrogens is 575 g/mol. The zero-order valence-corrected chi connectivity index (χ0v) is 23.3. The van der Waals surface area contributed by atoms with Gasteiger partial charge in [-0.05, 0) is 43.4 Å². The minimum Gasteiger partial charge on any atom is -0.507 e. The molecule has 12 heteroatoms. The summed E-state index contributed by atoms with van der Waals surface area (Å²) < 4.78 is 0. The van der Waals surface area contributed by atoms with Gasteiger partial charge in [0.25, 0.3) is 11.8 Å². The molecule has 212 valence electrons. The Morgan fingerprint density at radius 2 is 1.71 bits per heavy atom. The molecule has 2 aliphatic carbocycles. The van der Waals surface area contributed by atoms with Gasteiger partial charge in [0, 0.05) is 24.6 Å². The van der Waals surface area contributed by atoms with Crippen molar-refractivity contribution in [2.75, 3.05) is 11.9 Å². The van der Waals surface area contributed by atoms with Crippen molar-refractivity contribution >= 4 is 58.5 Å². The van der Waals surface area contributed by atoms with E-state index in [9.17, 15) is 39.3 Å². The van der Waals surface area contributed by atoms with Gasteiger partial charge in [-0.2, -0.15) is 0 Å². The highest BCUT2D eigenvalue weighted by Gasteiger charge is 2.76. The maximum absolute atomic E-state index is 14.0.